The molecule has 0 spiro atoms. The topological polar surface area (TPSA) is 70.2 Å². The van der Waals surface area contributed by atoms with Gasteiger partial charge in [-0.05, 0) is 44.5 Å². The van der Waals surface area contributed by atoms with Gasteiger partial charge in [0.05, 0.1) is 6.54 Å². The molecule has 110 valence electrons. The van der Waals surface area contributed by atoms with E-state index in [0.29, 0.717) is 17.8 Å². The van der Waals surface area contributed by atoms with Gasteiger partial charge in [0.15, 0.2) is 0 Å². The highest BCUT2D eigenvalue weighted by Crippen LogP contribution is 2.16. The Morgan fingerprint density at radius 2 is 1.95 bits per heavy atom. The molecule has 0 aliphatic rings. The summed E-state index contributed by atoms with van der Waals surface area (Å²) in [4.78, 5) is 23.5. The largest absolute Gasteiger partial charge is 0.352 e. The van der Waals surface area contributed by atoms with Gasteiger partial charge in [0.1, 0.15) is 0 Å². The van der Waals surface area contributed by atoms with Gasteiger partial charge in [-0.3, -0.25) is 9.59 Å². The van der Waals surface area contributed by atoms with Crippen LogP contribution in [0.5, 0.6) is 0 Å². The minimum absolute atomic E-state index is 0.102. The third-order valence-corrected chi connectivity index (χ3v) is 2.82. The Morgan fingerprint density at radius 3 is 2.60 bits per heavy atom. The Bertz CT molecular complexity index is 472. The molecule has 0 fully saturated rings. The van der Waals surface area contributed by atoms with Gasteiger partial charge in [0, 0.05) is 17.8 Å². The predicted octanol–water partition coefficient (Wildman–Crippen LogP) is 1.68. The molecule has 0 aliphatic heterocycles. The molecule has 0 unspecified atom stereocenters. The van der Waals surface area contributed by atoms with Crippen molar-refractivity contribution in [3.63, 3.8) is 0 Å². The minimum Gasteiger partial charge on any atom is -0.352 e. The summed E-state index contributed by atoms with van der Waals surface area (Å²) in [5, 5.41) is 8.61. The van der Waals surface area contributed by atoms with E-state index in [1.54, 1.807) is 12.1 Å². The number of benzene rings is 1. The van der Waals surface area contributed by atoms with Gasteiger partial charge in [-0.15, -0.1) is 0 Å². The van der Waals surface area contributed by atoms with E-state index in [1.807, 2.05) is 26.8 Å². The smallest absolute Gasteiger partial charge is 0.251 e. The summed E-state index contributed by atoms with van der Waals surface area (Å²) >= 11 is 0. The maximum absolute atomic E-state index is 11.8. The molecule has 0 radical (unpaired) electrons. The van der Waals surface area contributed by atoms with Crippen LogP contribution in [0.1, 0.15) is 36.2 Å². The molecule has 1 aromatic carbocycles. The van der Waals surface area contributed by atoms with Crippen LogP contribution in [-0.2, 0) is 4.79 Å². The fraction of sp³-hybridized carbons (Fsp3) is 0.467. The Kier molecular flexibility index (Phi) is 6.73. The molecular formula is C15H23N3O2. The van der Waals surface area contributed by atoms with E-state index in [0.717, 1.165) is 18.5 Å². The summed E-state index contributed by atoms with van der Waals surface area (Å²) in [6, 6.07) is 5.29. The van der Waals surface area contributed by atoms with E-state index < -0.39 is 0 Å². The van der Waals surface area contributed by atoms with Crippen LogP contribution in [0, 0.1) is 6.92 Å². The summed E-state index contributed by atoms with van der Waals surface area (Å²) in [6.07, 6.45) is 0.985. The predicted molar refractivity (Wildman–Crippen MR) is 81.0 cm³/mol. The standard InChI is InChI=1S/C15H23N3O2/c1-4-8-16-10-14(19)18-13-9-12(7-6-11(13)3)15(20)17-5-2/h6-7,9,16H,4-5,8,10H2,1-3H3,(H,17,20)(H,18,19). The van der Waals surface area contributed by atoms with Crippen molar-refractivity contribution in [1.29, 1.82) is 0 Å². The Balaban J connectivity index is 2.71. The van der Waals surface area contributed by atoms with E-state index in [-0.39, 0.29) is 18.4 Å². The number of hydrogen-bond acceptors (Lipinski definition) is 3. The van der Waals surface area contributed by atoms with E-state index in [2.05, 4.69) is 16.0 Å². The lowest BCUT2D eigenvalue weighted by Crippen LogP contribution is -2.29. The Hall–Kier alpha value is -1.88. The number of aryl methyl sites for hydroxylation is 1. The third-order valence-electron chi connectivity index (χ3n) is 2.82. The van der Waals surface area contributed by atoms with E-state index >= 15 is 0 Å². The third kappa shape index (κ3) is 5.01. The van der Waals surface area contributed by atoms with Crippen LogP contribution in [0.3, 0.4) is 0 Å². The molecular weight excluding hydrogens is 254 g/mol. The van der Waals surface area contributed by atoms with Gasteiger partial charge in [-0.25, -0.2) is 0 Å². The molecule has 20 heavy (non-hydrogen) atoms. The molecule has 0 bridgehead atoms. The molecule has 3 N–H and O–H groups in total. The average molecular weight is 277 g/mol. The van der Waals surface area contributed by atoms with Crippen molar-refractivity contribution in [2.24, 2.45) is 0 Å². The summed E-state index contributed by atoms with van der Waals surface area (Å²) in [5.74, 6) is -0.235. The zero-order chi connectivity index (χ0) is 15.0. The molecule has 0 aromatic heterocycles. The normalized spacial score (nSPS) is 10.2. The second kappa shape index (κ2) is 8.32. The van der Waals surface area contributed by atoms with Crippen LogP contribution in [0.25, 0.3) is 0 Å². The van der Waals surface area contributed by atoms with Gasteiger partial charge in [0.25, 0.3) is 5.91 Å². The lowest BCUT2D eigenvalue weighted by Gasteiger charge is -2.11. The number of carbonyl (C=O) groups is 2. The van der Waals surface area contributed by atoms with Gasteiger partial charge in [0.2, 0.25) is 5.91 Å². The fourth-order valence-corrected chi connectivity index (χ4v) is 1.73. The Morgan fingerprint density at radius 1 is 1.20 bits per heavy atom. The SMILES string of the molecule is CCCNCC(=O)Nc1cc(C(=O)NCC)ccc1C. The van der Waals surface area contributed by atoms with Crippen LogP contribution < -0.4 is 16.0 Å². The van der Waals surface area contributed by atoms with Crippen molar-refractivity contribution in [2.75, 3.05) is 25.0 Å². The highest BCUT2D eigenvalue weighted by molar-refractivity contribution is 5.98. The first kappa shape index (κ1) is 16.2. The van der Waals surface area contributed by atoms with E-state index in [9.17, 15) is 9.59 Å². The van der Waals surface area contributed by atoms with E-state index in [1.165, 1.54) is 0 Å². The second-order valence-corrected chi connectivity index (χ2v) is 4.61. The second-order valence-electron chi connectivity index (χ2n) is 4.61. The number of carbonyl (C=O) groups excluding carboxylic acids is 2. The molecule has 0 saturated carbocycles. The first-order valence-electron chi connectivity index (χ1n) is 6.97. The van der Waals surface area contributed by atoms with Crippen LogP contribution >= 0.6 is 0 Å². The Labute approximate surface area is 120 Å². The highest BCUT2D eigenvalue weighted by atomic mass is 16.2. The molecule has 0 aliphatic carbocycles. The number of hydrogen-bond donors (Lipinski definition) is 3. The molecule has 0 heterocycles. The summed E-state index contributed by atoms with van der Waals surface area (Å²) < 4.78 is 0. The molecule has 5 nitrogen and oxygen atoms in total. The molecule has 5 heteroatoms. The van der Waals surface area contributed by atoms with Gasteiger partial charge in [-0.1, -0.05) is 13.0 Å². The minimum atomic E-state index is -0.132. The summed E-state index contributed by atoms with van der Waals surface area (Å²) in [5.41, 5.74) is 2.16. The fourth-order valence-electron chi connectivity index (χ4n) is 1.73. The lowest BCUT2D eigenvalue weighted by atomic mass is 10.1. The maximum atomic E-state index is 11.8. The average Bonchev–Trinajstić information content (AvgIpc) is 2.42. The highest BCUT2D eigenvalue weighted by Gasteiger charge is 2.09. The molecule has 1 rings (SSSR count). The zero-order valence-corrected chi connectivity index (χ0v) is 12.4. The number of nitrogens with one attached hydrogen (secondary N) is 3. The van der Waals surface area contributed by atoms with Gasteiger partial charge < -0.3 is 16.0 Å². The van der Waals surface area contributed by atoms with Crippen LogP contribution in [0.2, 0.25) is 0 Å². The van der Waals surface area contributed by atoms with Crippen molar-refractivity contribution in [3.8, 4) is 0 Å². The van der Waals surface area contributed by atoms with Crippen LogP contribution in [-0.4, -0.2) is 31.4 Å². The number of anilines is 1. The van der Waals surface area contributed by atoms with Crippen LogP contribution in [0.15, 0.2) is 18.2 Å². The maximum Gasteiger partial charge on any atom is 0.251 e. The first-order valence-corrected chi connectivity index (χ1v) is 6.97. The number of rotatable bonds is 7. The van der Waals surface area contributed by atoms with Gasteiger partial charge in [-0.2, -0.15) is 0 Å². The zero-order valence-electron chi connectivity index (χ0n) is 12.4. The molecule has 0 saturated heterocycles. The quantitative estimate of drug-likeness (QED) is 0.664. The molecule has 2 amide bonds. The monoisotopic (exact) mass is 277 g/mol. The van der Waals surface area contributed by atoms with Crippen molar-refractivity contribution in [3.05, 3.63) is 29.3 Å². The van der Waals surface area contributed by atoms with Crippen molar-refractivity contribution in [1.82, 2.24) is 10.6 Å². The van der Waals surface area contributed by atoms with Crippen LogP contribution in [0.4, 0.5) is 5.69 Å². The van der Waals surface area contributed by atoms with Crippen molar-refractivity contribution in [2.45, 2.75) is 27.2 Å². The summed E-state index contributed by atoms with van der Waals surface area (Å²) in [7, 11) is 0. The van der Waals surface area contributed by atoms with E-state index in [4.69, 9.17) is 0 Å². The van der Waals surface area contributed by atoms with Crippen molar-refractivity contribution >= 4 is 17.5 Å². The molecule has 1 aromatic rings. The number of amides is 2. The first-order chi connectivity index (χ1) is 9.58. The summed E-state index contributed by atoms with van der Waals surface area (Å²) in [6.45, 7) is 7.48. The van der Waals surface area contributed by atoms with Crippen molar-refractivity contribution < 1.29 is 9.59 Å². The lowest BCUT2D eigenvalue weighted by molar-refractivity contribution is -0.115. The molecule has 0 atom stereocenters. The van der Waals surface area contributed by atoms with Gasteiger partial charge >= 0.3 is 0 Å².